The minimum atomic E-state index is -1.88. The summed E-state index contributed by atoms with van der Waals surface area (Å²) in [5.74, 6) is -4.66. The van der Waals surface area contributed by atoms with Crippen molar-refractivity contribution in [2.24, 2.45) is 28.8 Å². The Morgan fingerprint density at radius 3 is 2.37 bits per heavy atom. The maximum Gasteiger partial charge on any atom is 0.316 e. The van der Waals surface area contributed by atoms with Gasteiger partial charge in [-0.15, -0.1) is 5.10 Å². The molecule has 3 heterocycles. The molecule has 1 aromatic rings. The molecule has 13 atom stereocenters. The van der Waals surface area contributed by atoms with Crippen LogP contribution in [0.4, 0.5) is 0 Å². The molecule has 1 aromatic heterocycles. The molecule has 2 aliphatic heterocycles. The summed E-state index contributed by atoms with van der Waals surface area (Å²) in [6.07, 6.45) is 0.709. The molecular weight excluding hydrogens is 697 g/mol. The molecule has 16 heteroatoms. The van der Waals surface area contributed by atoms with E-state index in [-0.39, 0.29) is 31.1 Å². The lowest BCUT2D eigenvalue weighted by molar-refractivity contribution is -0.295. The summed E-state index contributed by atoms with van der Waals surface area (Å²) in [4.78, 5) is 36.0. The standard InChI is InChI=1S/C38H64BN5O10/c1-11-29-38(8,49)33(47)23(4)30(41-54-27-14-12-13-15-27)21(2)19-37(7,50-10)34(24(5)31(45)25(6)35(48)52-29)53-36-32(46)28(18-22(3)51-36)43(9)17-16-26-20-44(39)42-40-26/h20-25,27-29,32-34,36,46-47,49H,11-19H2,1-10H3/b41-30+/t21-,22-,23+,24+,25-,28+,29-,32-,33-,34?,36+,37-,38-/m1/s1. The van der Waals surface area contributed by atoms with Gasteiger partial charge in [0.25, 0.3) is 7.98 Å². The number of nitrogens with zero attached hydrogens (tertiary/aromatic N) is 5. The highest BCUT2D eigenvalue weighted by atomic mass is 16.7. The highest BCUT2D eigenvalue weighted by molar-refractivity contribution is 6.05. The monoisotopic (exact) mass is 761 g/mol. The molecule has 0 bridgehead atoms. The molecule has 0 amide bonds. The van der Waals surface area contributed by atoms with E-state index in [2.05, 4.69) is 15.5 Å². The van der Waals surface area contributed by atoms with Gasteiger partial charge in [-0.1, -0.05) is 38.1 Å². The molecule has 3 aliphatic rings. The number of carbonyl (C=O) groups excluding carboxylic acids is 2. The number of ether oxygens (including phenoxy) is 4. The number of methoxy groups -OCH3 is 1. The molecule has 3 N–H and O–H groups in total. The van der Waals surface area contributed by atoms with Gasteiger partial charge in [-0.3, -0.25) is 9.59 Å². The van der Waals surface area contributed by atoms with Gasteiger partial charge in [0.1, 0.15) is 29.8 Å². The number of hydrogen-bond acceptors (Lipinski definition) is 14. The van der Waals surface area contributed by atoms with Crippen LogP contribution in [0.3, 0.4) is 0 Å². The Balaban J connectivity index is 1.72. The number of likely N-dealkylation sites (N-methyl/N-ethyl adjacent to an activating group) is 1. The van der Waals surface area contributed by atoms with Crippen molar-refractivity contribution in [3.63, 3.8) is 0 Å². The Bertz CT molecular complexity index is 1420. The minimum absolute atomic E-state index is 0.0661. The van der Waals surface area contributed by atoms with Crippen LogP contribution in [0.15, 0.2) is 11.4 Å². The maximum atomic E-state index is 14.3. The van der Waals surface area contributed by atoms with Crippen molar-refractivity contribution in [2.45, 2.75) is 167 Å². The Morgan fingerprint density at radius 1 is 1.11 bits per heavy atom. The van der Waals surface area contributed by atoms with Gasteiger partial charge in [-0.25, -0.2) is 0 Å². The van der Waals surface area contributed by atoms with Crippen LogP contribution in [0.2, 0.25) is 0 Å². The second kappa shape index (κ2) is 18.7. The first kappa shape index (κ1) is 44.3. The number of carbonyl (C=O) groups is 2. The van der Waals surface area contributed by atoms with Gasteiger partial charge in [0.05, 0.1) is 35.3 Å². The van der Waals surface area contributed by atoms with Crippen molar-refractivity contribution < 1.29 is 48.7 Å². The number of Topliss-reactive ketones (excluding diaryl/α,β-unsaturated/α-hetero) is 1. The predicted octanol–water partition coefficient (Wildman–Crippen LogP) is 2.60. The number of cyclic esters (lactones) is 1. The molecule has 1 aliphatic carbocycles. The fraction of sp³-hybridized carbons (Fsp3) is 0.868. The molecule has 2 radical (unpaired) electrons. The van der Waals surface area contributed by atoms with Crippen LogP contribution >= 0.6 is 0 Å². The number of aromatic nitrogens is 3. The first-order valence-corrected chi connectivity index (χ1v) is 19.6. The molecule has 304 valence electrons. The van der Waals surface area contributed by atoms with Crippen LogP contribution in [0.25, 0.3) is 0 Å². The third kappa shape index (κ3) is 10.1. The van der Waals surface area contributed by atoms with Gasteiger partial charge in [0.2, 0.25) is 0 Å². The lowest BCUT2D eigenvalue weighted by atomic mass is 9.74. The second-order valence-corrected chi connectivity index (χ2v) is 16.4. The Kier molecular flexibility index (Phi) is 15.3. The molecule has 3 fully saturated rings. The van der Waals surface area contributed by atoms with Crippen molar-refractivity contribution in [1.29, 1.82) is 0 Å². The van der Waals surface area contributed by atoms with Gasteiger partial charge in [-0.2, -0.15) is 0 Å². The van der Waals surface area contributed by atoms with Crippen molar-refractivity contribution in [1.82, 2.24) is 19.8 Å². The summed E-state index contributed by atoms with van der Waals surface area (Å²) in [7, 11) is 9.10. The molecule has 4 rings (SSSR count). The van der Waals surface area contributed by atoms with E-state index < -0.39 is 77.3 Å². The van der Waals surface area contributed by atoms with E-state index in [1.807, 2.05) is 32.7 Å². The van der Waals surface area contributed by atoms with Crippen molar-refractivity contribution in [2.75, 3.05) is 20.7 Å². The van der Waals surface area contributed by atoms with E-state index in [0.717, 1.165) is 30.3 Å². The zero-order valence-electron chi connectivity index (χ0n) is 33.9. The van der Waals surface area contributed by atoms with Crippen LogP contribution in [0.1, 0.15) is 106 Å². The molecule has 0 spiro atoms. The number of aliphatic hydroxyl groups excluding tert-OH is 2. The fourth-order valence-corrected chi connectivity index (χ4v) is 8.55. The van der Waals surface area contributed by atoms with Crippen molar-refractivity contribution in [3.8, 4) is 0 Å². The highest BCUT2D eigenvalue weighted by Crippen LogP contribution is 2.39. The quantitative estimate of drug-likeness (QED) is 0.137. The average molecular weight is 762 g/mol. The summed E-state index contributed by atoms with van der Waals surface area (Å²) in [5.41, 5.74) is -1.91. The maximum absolute atomic E-state index is 14.3. The Morgan fingerprint density at radius 2 is 1.78 bits per heavy atom. The number of rotatable bonds is 10. The van der Waals surface area contributed by atoms with E-state index in [4.69, 9.17) is 31.8 Å². The van der Waals surface area contributed by atoms with Crippen LogP contribution < -0.4 is 0 Å². The third-order valence-electron chi connectivity index (χ3n) is 12.1. The summed E-state index contributed by atoms with van der Waals surface area (Å²) < 4.78 is 26.2. The number of aliphatic hydroxyl groups is 3. The number of oxime groups is 1. The van der Waals surface area contributed by atoms with E-state index in [9.17, 15) is 24.9 Å². The van der Waals surface area contributed by atoms with Gasteiger partial charge < -0.3 is 48.6 Å². The summed E-state index contributed by atoms with van der Waals surface area (Å²) in [6, 6.07) is -0.370. The molecular formula is C38H64BN5O10. The largest absolute Gasteiger partial charge is 0.459 e. The molecule has 15 nitrogen and oxygen atoms in total. The highest BCUT2D eigenvalue weighted by Gasteiger charge is 2.52. The summed E-state index contributed by atoms with van der Waals surface area (Å²) in [6.45, 7) is 14.3. The molecule has 54 heavy (non-hydrogen) atoms. The molecule has 1 saturated carbocycles. The van der Waals surface area contributed by atoms with E-state index in [1.165, 1.54) is 21.0 Å². The third-order valence-corrected chi connectivity index (χ3v) is 12.1. The van der Waals surface area contributed by atoms with Gasteiger partial charge >= 0.3 is 5.97 Å². The number of ketones is 1. The van der Waals surface area contributed by atoms with Gasteiger partial charge in [0, 0.05) is 50.1 Å². The first-order chi connectivity index (χ1) is 25.3. The number of hydrogen-bond donors (Lipinski definition) is 3. The van der Waals surface area contributed by atoms with Crippen LogP contribution in [-0.4, -0.2) is 141 Å². The lowest BCUT2D eigenvalue weighted by Crippen LogP contribution is -2.60. The van der Waals surface area contributed by atoms with Crippen molar-refractivity contribution >= 4 is 25.4 Å². The SMILES string of the molecule is [B]n1cc(CCN(C)[C@H]2C[C@@H](C)O[C@@H](OC3[C@@H](C)C(=O)[C@@H](C)C(=O)O[C@H](CC)[C@@](C)(O)[C@H](O)[C@@H](C)/C(=N/OC4CCCC4)[C@H](C)C[C@@]3(C)OC)[C@@H]2O)nn1. The summed E-state index contributed by atoms with van der Waals surface area (Å²) in [5, 5.41) is 47.8. The lowest BCUT2D eigenvalue weighted by Gasteiger charge is -2.47. The zero-order valence-corrected chi connectivity index (χ0v) is 33.9. The van der Waals surface area contributed by atoms with Gasteiger partial charge in [-0.05, 0) is 79.7 Å². The van der Waals surface area contributed by atoms with Crippen LogP contribution in [-0.2, 0) is 39.8 Å². The van der Waals surface area contributed by atoms with E-state index in [0.29, 0.717) is 30.8 Å². The Labute approximate surface area is 321 Å². The van der Waals surface area contributed by atoms with E-state index in [1.54, 1.807) is 27.0 Å². The number of esters is 1. The average Bonchev–Trinajstić information content (AvgIpc) is 3.82. The Hall–Kier alpha value is -2.47. The van der Waals surface area contributed by atoms with Gasteiger partial charge in [0.15, 0.2) is 12.1 Å². The predicted molar refractivity (Wildman–Crippen MR) is 200 cm³/mol. The fourth-order valence-electron chi connectivity index (χ4n) is 8.55. The smallest absolute Gasteiger partial charge is 0.316 e. The van der Waals surface area contributed by atoms with E-state index >= 15 is 0 Å². The van der Waals surface area contributed by atoms with Crippen molar-refractivity contribution in [3.05, 3.63) is 11.9 Å². The normalized spacial score (nSPS) is 40.2. The first-order valence-electron chi connectivity index (χ1n) is 19.6. The second-order valence-electron chi connectivity index (χ2n) is 16.4. The summed E-state index contributed by atoms with van der Waals surface area (Å²) >= 11 is 0. The molecule has 0 aromatic carbocycles. The molecule has 2 saturated heterocycles. The zero-order chi connectivity index (χ0) is 40.1. The molecule has 1 unspecified atom stereocenters. The van der Waals surface area contributed by atoms with Crippen LogP contribution in [0, 0.1) is 23.7 Å². The van der Waals surface area contributed by atoms with Crippen LogP contribution in [0.5, 0.6) is 0 Å². The minimum Gasteiger partial charge on any atom is -0.459 e. The topological polar surface area (TPSA) is 187 Å².